The first-order valence-corrected chi connectivity index (χ1v) is 15.1. The molecule has 0 radical (unpaired) electrons. The number of carbonyl (C=O) groups is 3. The van der Waals surface area contributed by atoms with Crippen molar-refractivity contribution in [3.8, 4) is 11.5 Å². The second-order valence-corrected chi connectivity index (χ2v) is 12.8. The lowest BCUT2D eigenvalue weighted by atomic mass is 10.0. The molecule has 2 atom stereocenters. The number of hydrogen-bond donors (Lipinski definition) is 2. The van der Waals surface area contributed by atoms with Gasteiger partial charge in [0, 0.05) is 25.2 Å². The SMILES string of the molecule is Cc1cc(Oc2ccccc2)ccc1N1C(=O)Nc2c(C(=O)N[C@@H]3C[C@@H](F)CN(C(=O)OC(C)(C)C)C3)sc3nccc1c23. The predicted octanol–water partition coefficient (Wildman–Crippen LogP) is 7.16. The molecule has 0 spiro atoms. The topological polar surface area (TPSA) is 113 Å². The van der Waals surface area contributed by atoms with Crippen molar-refractivity contribution in [3.05, 3.63) is 71.2 Å². The number of hydrogen-bond acceptors (Lipinski definition) is 7. The molecule has 4 heterocycles. The third kappa shape index (κ3) is 5.89. The highest BCUT2D eigenvalue weighted by molar-refractivity contribution is 7.21. The van der Waals surface area contributed by atoms with Crippen LogP contribution in [0.15, 0.2) is 60.8 Å². The summed E-state index contributed by atoms with van der Waals surface area (Å²) >= 11 is 1.14. The van der Waals surface area contributed by atoms with Crippen molar-refractivity contribution in [2.45, 2.75) is 51.9 Å². The van der Waals surface area contributed by atoms with E-state index < -0.39 is 35.8 Å². The number of para-hydroxylation sites is 1. The number of urea groups is 1. The molecule has 228 valence electrons. The highest BCUT2D eigenvalue weighted by Gasteiger charge is 2.36. The first-order chi connectivity index (χ1) is 21.0. The zero-order chi connectivity index (χ0) is 31.2. The zero-order valence-electron chi connectivity index (χ0n) is 24.7. The van der Waals surface area contributed by atoms with Crippen molar-refractivity contribution >= 4 is 56.6 Å². The Balaban J connectivity index is 1.25. The second kappa shape index (κ2) is 11.4. The Bertz CT molecular complexity index is 1760. The first-order valence-electron chi connectivity index (χ1n) is 14.3. The summed E-state index contributed by atoms with van der Waals surface area (Å²) in [5.74, 6) is 0.852. The molecule has 0 aliphatic carbocycles. The van der Waals surface area contributed by atoms with Crippen molar-refractivity contribution < 1.29 is 28.2 Å². The van der Waals surface area contributed by atoms with Gasteiger partial charge in [-0.15, -0.1) is 11.3 Å². The van der Waals surface area contributed by atoms with Crippen LogP contribution in [0.1, 0.15) is 42.4 Å². The predicted molar refractivity (Wildman–Crippen MR) is 167 cm³/mol. The fourth-order valence-electron chi connectivity index (χ4n) is 5.42. The van der Waals surface area contributed by atoms with Crippen LogP contribution in [0.4, 0.5) is 31.0 Å². The Morgan fingerprint density at radius 2 is 1.84 bits per heavy atom. The quantitative estimate of drug-likeness (QED) is 0.246. The van der Waals surface area contributed by atoms with Crippen LogP contribution in [0.25, 0.3) is 10.2 Å². The summed E-state index contributed by atoms with van der Waals surface area (Å²) in [5, 5.41) is 6.38. The minimum absolute atomic E-state index is 0.0537. The maximum absolute atomic E-state index is 14.6. The number of aromatic nitrogens is 1. The van der Waals surface area contributed by atoms with Gasteiger partial charge in [-0.2, -0.15) is 0 Å². The molecule has 4 aromatic rings. The van der Waals surface area contributed by atoms with E-state index in [4.69, 9.17) is 9.47 Å². The first kappa shape index (κ1) is 29.4. The number of amides is 4. The van der Waals surface area contributed by atoms with Gasteiger partial charge >= 0.3 is 12.1 Å². The van der Waals surface area contributed by atoms with Gasteiger partial charge in [0.2, 0.25) is 0 Å². The maximum Gasteiger partial charge on any atom is 0.410 e. The normalized spacial score (nSPS) is 18.2. The molecular weight excluding hydrogens is 585 g/mol. The third-order valence-electron chi connectivity index (χ3n) is 7.23. The number of pyridine rings is 1. The van der Waals surface area contributed by atoms with Crippen molar-refractivity contribution in [1.82, 2.24) is 15.2 Å². The second-order valence-electron chi connectivity index (χ2n) is 11.8. The van der Waals surface area contributed by atoms with E-state index in [1.165, 1.54) is 4.90 Å². The molecular formula is C32H32FN5O5S. The van der Waals surface area contributed by atoms with E-state index >= 15 is 0 Å². The van der Waals surface area contributed by atoms with Gasteiger partial charge in [-0.3, -0.25) is 9.69 Å². The summed E-state index contributed by atoms with van der Waals surface area (Å²) in [6.07, 6.45) is -0.303. The smallest absolute Gasteiger partial charge is 0.410 e. The molecule has 2 aromatic heterocycles. The number of ether oxygens (including phenoxy) is 2. The number of alkyl halides is 1. The van der Waals surface area contributed by atoms with Gasteiger partial charge in [0.15, 0.2) is 0 Å². The van der Waals surface area contributed by atoms with Gasteiger partial charge in [-0.05, 0) is 69.7 Å². The third-order valence-corrected chi connectivity index (χ3v) is 8.32. The van der Waals surface area contributed by atoms with Gasteiger partial charge < -0.3 is 25.0 Å². The van der Waals surface area contributed by atoms with Crippen molar-refractivity contribution in [3.63, 3.8) is 0 Å². The minimum atomic E-state index is -1.32. The Kier molecular flexibility index (Phi) is 7.62. The van der Waals surface area contributed by atoms with Gasteiger partial charge in [-0.1, -0.05) is 18.2 Å². The van der Waals surface area contributed by atoms with E-state index in [1.54, 1.807) is 44.0 Å². The molecule has 2 aromatic carbocycles. The maximum atomic E-state index is 14.6. The highest BCUT2D eigenvalue weighted by atomic mass is 32.1. The van der Waals surface area contributed by atoms with Crippen LogP contribution < -0.4 is 20.3 Å². The molecule has 44 heavy (non-hydrogen) atoms. The summed E-state index contributed by atoms with van der Waals surface area (Å²) in [6, 6.07) is 15.6. The lowest BCUT2D eigenvalue weighted by Gasteiger charge is -2.36. The summed E-state index contributed by atoms with van der Waals surface area (Å²) in [5.41, 5.74) is 1.66. The monoisotopic (exact) mass is 617 g/mol. The van der Waals surface area contributed by atoms with E-state index in [0.29, 0.717) is 38.8 Å². The summed E-state index contributed by atoms with van der Waals surface area (Å²) in [7, 11) is 0. The number of carbonyl (C=O) groups excluding carboxylic acids is 3. The Labute approximate surface area is 257 Å². The van der Waals surface area contributed by atoms with E-state index in [2.05, 4.69) is 15.6 Å². The van der Waals surface area contributed by atoms with Crippen LogP contribution in [-0.4, -0.2) is 58.8 Å². The largest absolute Gasteiger partial charge is 0.457 e. The number of benzene rings is 2. The lowest BCUT2D eigenvalue weighted by molar-refractivity contribution is 0.00941. The van der Waals surface area contributed by atoms with E-state index in [1.807, 2.05) is 49.4 Å². The van der Waals surface area contributed by atoms with Gasteiger partial charge in [-0.25, -0.2) is 19.0 Å². The molecule has 12 heteroatoms. The molecule has 1 fully saturated rings. The molecule has 0 bridgehead atoms. The summed E-state index contributed by atoms with van der Waals surface area (Å²) in [6.45, 7) is 7.11. The van der Waals surface area contributed by atoms with Crippen LogP contribution >= 0.6 is 11.3 Å². The van der Waals surface area contributed by atoms with Crippen LogP contribution in [0.2, 0.25) is 0 Å². The van der Waals surface area contributed by atoms with E-state index in [-0.39, 0.29) is 24.4 Å². The van der Waals surface area contributed by atoms with Gasteiger partial charge in [0.05, 0.1) is 29.0 Å². The highest BCUT2D eigenvalue weighted by Crippen LogP contribution is 2.46. The van der Waals surface area contributed by atoms with Crippen molar-refractivity contribution in [1.29, 1.82) is 0 Å². The molecule has 2 N–H and O–H groups in total. The van der Waals surface area contributed by atoms with Crippen molar-refractivity contribution in [2.75, 3.05) is 23.3 Å². The Morgan fingerprint density at radius 1 is 1.07 bits per heavy atom. The number of nitrogens with zero attached hydrogens (tertiary/aromatic N) is 3. The molecule has 2 aliphatic rings. The number of nitrogens with one attached hydrogen (secondary N) is 2. The van der Waals surface area contributed by atoms with Crippen molar-refractivity contribution in [2.24, 2.45) is 0 Å². The fourth-order valence-corrected chi connectivity index (χ4v) is 6.44. The number of rotatable bonds is 5. The molecule has 4 amide bonds. The zero-order valence-corrected chi connectivity index (χ0v) is 25.5. The Hall–Kier alpha value is -4.71. The van der Waals surface area contributed by atoms with Crippen LogP contribution in [-0.2, 0) is 4.74 Å². The summed E-state index contributed by atoms with van der Waals surface area (Å²) in [4.78, 5) is 47.8. The number of likely N-dealkylation sites (tertiary alicyclic amines) is 1. The average Bonchev–Trinajstić information content (AvgIpc) is 3.33. The number of halogens is 1. The Morgan fingerprint density at radius 3 is 2.57 bits per heavy atom. The number of aryl methyl sites for hydroxylation is 1. The summed E-state index contributed by atoms with van der Waals surface area (Å²) < 4.78 is 26.0. The molecule has 0 saturated carbocycles. The van der Waals surface area contributed by atoms with Crippen LogP contribution in [0, 0.1) is 6.92 Å². The van der Waals surface area contributed by atoms with Gasteiger partial charge in [0.1, 0.15) is 33.0 Å². The molecule has 0 unspecified atom stereocenters. The molecule has 6 rings (SSSR count). The standard InChI is InChI=1S/C32H32FN5O5S/c1-18-14-22(42-21-8-6-5-7-9-21)10-11-23(18)38-24-12-13-34-29-25(24)26(36-30(38)40)27(44-29)28(39)35-20-15-19(33)16-37(17-20)31(41)43-32(2,3)4/h5-14,19-20H,15-17H2,1-4H3,(H,35,39)(H,36,40)/t19-,20-/m1/s1. The average molecular weight is 618 g/mol. The number of thiophene rings is 1. The van der Waals surface area contributed by atoms with Crippen LogP contribution in [0.5, 0.6) is 11.5 Å². The van der Waals surface area contributed by atoms with E-state index in [9.17, 15) is 18.8 Å². The number of anilines is 3. The molecule has 2 aliphatic heterocycles. The van der Waals surface area contributed by atoms with Gasteiger partial charge in [0.25, 0.3) is 5.91 Å². The van der Waals surface area contributed by atoms with Crippen LogP contribution in [0.3, 0.4) is 0 Å². The fraction of sp³-hybridized carbons (Fsp3) is 0.312. The molecule has 1 saturated heterocycles. The van der Waals surface area contributed by atoms with E-state index in [0.717, 1.165) is 16.9 Å². The lowest BCUT2D eigenvalue weighted by Crippen LogP contribution is -2.54. The minimum Gasteiger partial charge on any atom is -0.457 e. The number of piperidine rings is 1. The molecule has 10 nitrogen and oxygen atoms in total.